The van der Waals surface area contributed by atoms with Gasteiger partial charge in [-0.25, -0.2) is 19.9 Å². The summed E-state index contributed by atoms with van der Waals surface area (Å²) in [7, 11) is 0. The monoisotopic (exact) mass is 653 g/mol. The Morgan fingerprint density at radius 1 is 0.333 bits per heavy atom. The van der Waals surface area contributed by atoms with Crippen molar-refractivity contribution in [2.75, 3.05) is 0 Å². The molecule has 0 bridgehead atoms. The zero-order chi connectivity index (χ0) is 34.1. The van der Waals surface area contributed by atoms with Crippen LogP contribution in [0.1, 0.15) is 5.69 Å². The molecule has 0 fully saturated rings. The van der Waals surface area contributed by atoms with Crippen LogP contribution in [-0.4, -0.2) is 24.9 Å². The lowest BCUT2D eigenvalue weighted by atomic mass is 9.95. The lowest BCUT2D eigenvalue weighted by Gasteiger charge is -2.13. The molecule has 5 heteroatoms. The highest BCUT2D eigenvalue weighted by Crippen LogP contribution is 2.36. The predicted molar refractivity (Wildman–Crippen MR) is 208 cm³/mol. The Kier molecular flexibility index (Phi) is 7.63. The molecule has 9 aromatic rings. The number of benzene rings is 6. The normalized spacial score (nSPS) is 11.2. The topological polar surface area (TPSA) is 64.5 Å². The van der Waals surface area contributed by atoms with Gasteiger partial charge < -0.3 is 0 Å². The highest BCUT2D eigenvalue weighted by molar-refractivity contribution is 6.09. The van der Waals surface area contributed by atoms with Gasteiger partial charge in [0, 0.05) is 38.7 Å². The minimum atomic E-state index is 0.633. The number of hydrogen-bond acceptors (Lipinski definition) is 5. The third-order valence-corrected chi connectivity index (χ3v) is 9.20. The number of rotatable bonds is 6. The zero-order valence-corrected chi connectivity index (χ0v) is 27.9. The van der Waals surface area contributed by atoms with Crippen LogP contribution in [0, 0.1) is 6.92 Å². The second-order valence-electron chi connectivity index (χ2n) is 12.6. The molecule has 9 rings (SSSR count). The summed E-state index contributed by atoms with van der Waals surface area (Å²) in [5.41, 5.74) is 12.0. The molecule has 6 aromatic carbocycles. The Hall–Kier alpha value is -6.85. The van der Waals surface area contributed by atoms with Crippen LogP contribution in [0.3, 0.4) is 0 Å². The van der Waals surface area contributed by atoms with Gasteiger partial charge in [-0.05, 0) is 47.4 Å². The molecule has 0 spiro atoms. The van der Waals surface area contributed by atoms with E-state index in [2.05, 4.69) is 103 Å². The van der Waals surface area contributed by atoms with Crippen LogP contribution in [0.2, 0.25) is 0 Å². The molecule has 0 amide bonds. The highest BCUT2D eigenvalue weighted by Gasteiger charge is 2.15. The van der Waals surface area contributed by atoms with Gasteiger partial charge in [0.2, 0.25) is 0 Å². The summed E-state index contributed by atoms with van der Waals surface area (Å²) in [6.45, 7) is 2.03. The number of nitrogens with zero attached hydrogens (tertiary/aromatic N) is 5. The maximum Gasteiger partial charge on any atom is 0.164 e. The summed E-state index contributed by atoms with van der Waals surface area (Å²) in [6.07, 6.45) is 0. The highest BCUT2D eigenvalue weighted by atomic mass is 15.0. The molecule has 3 aromatic heterocycles. The fourth-order valence-electron chi connectivity index (χ4n) is 6.58. The van der Waals surface area contributed by atoms with Crippen LogP contribution in [-0.2, 0) is 0 Å². The molecule has 0 aliphatic rings. The van der Waals surface area contributed by atoms with Gasteiger partial charge in [0.1, 0.15) is 0 Å². The van der Waals surface area contributed by atoms with Crippen molar-refractivity contribution in [3.8, 4) is 67.7 Å². The minimum Gasteiger partial charge on any atom is -0.251 e. The summed E-state index contributed by atoms with van der Waals surface area (Å²) >= 11 is 0. The van der Waals surface area contributed by atoms with E-state index < -0.39 is 0 Å². The maximum absolute atomic E-state index is 5.18. The molecular weight excluding hydrogens is 623 g/mol. The number of aryl methyl sites for hydroxylation is 1. The Morgan fingerprint density at radius 3 is 1.51 bits per heavy atom. The van der Waals surface area contributed by atoms with E-state index >= 15 is 0 Å². The van der Waals surface area contributed by atoms with E-state index in [0.29, 0.717) is 17.5 Å². The van der Waals surface area contributed by atoms with E-state index in [1.54, 1.807) is 0 Å². The van der Waals surface area contributed by atoms with Gasteiger partial charge in [-0.2, -0.15) is 0 Å². The summed E-state index contributed by atoms with van der Waals surface area (Å²) < 4.78 is 0. The van der Waals surface area contributed by atoms with Gasteiger partial charge >= 0.3 is 0 Å². The molecule has 0 atom stereocenters. The summed E-state index contributed by atoms with van der Waals surface area (Å²) in [5, 5.41) is 2.16. The fourth-order valence-corrected chi connectivity index (χ4v) is 6.58. The van der Waals surface area contributed by atoms with Gasteiger partial charge in [-0.15, -0.1) is 0 Å². The first-order valence-electron chi connectivity index (χ1n) is 17.0. The Labute approximate surface area is 296 Å². The van der Waals surface area contributed by atoms with E-state index in [-0.39, 0.29) is 0 Å². The Bertz CT molecular complexity index is 2620. The Morgan fingerprint density at radius 2 is 0.863 bits per heavy atom. The van der Waals surface area contributed by atoms with Crippen molar-refractivity contribution in [1.29, 1.82) is 0 Å². The van der Waals surface area contributed by atoms with E-state index in [1.165, 1.54) is 0 Å². The summed E-state index contributed by atoms with van der Waals surface area (Å²) in [6, 6.07) is 58.3. The number of fused-ring (bicyclic) bond motifs is 3. The van der Waals surface area contributed by atoms with E-state index in [1.807, 2.05) is 73.7 Å². The van der Waals surface area contributed by atoms with Crippen LogP contribution < -0.4 is 0 Å². The van der Waals surface area contributed by atoms with E-state index in [0.717, 1.165) is 77.7 Å². The smallest absolute Gasteiger partial charge is 0.164 e. The summed E-state index contributed by atoms with van der Waals surface area (Å²) in [5.74, 6) is 1.92. The lowest BCUT2D eigenvalue weighted by molar-refractivity contribution is 1.07. The molecule has 3 heterocycles. The van der Waals surface area contributed by atoms with Crippen LogP contribution in [0.15, 0.2) is 170 Å². The second-order valence-corrected chi connectivity index (χ2v) is 12.6. The average molecular weight is 654 g/mol. The molecule has 5 nitrogen and oxygen atoms in total. The van der Waals surface area contributed by atoms with Gasteiger partial charge in [0.25, 0.3) is 0 Å². The number of hydrogen-bond donors (Lipinski definition) is 0. The Balaban J connectivity index is 1.13. The van der Waals surface area contributed by atoms with Crippen LogP contribution in [0.25, 0.3) is 89.5 Å². The SMILES string of the molecule is Cc1ccc2ccc3c(-c4ccc(-c5cccc(-c6nc(-c7ccccc7)nc(-c7ccccc7)n6)c5)cc4)cc(-c4ccccc4)nc3c2n1. The summed E-state index contributed by atoms with van der Waals surface area (Å²) in [4.78, 5) is 24.8. The van der Waals surface area contributed by atoms with Crippen LogP contribution >= 0.6 is 0 Å². The van der Waals surface area contributed by atoms with Gasteiger partial charge in [-0.3, -0.25) is 4.98 Å². The predicted octanol–water partition coefficient (Wildman–Crippen LogP) is 11.3. The van der Waals surface area contributed by atoms with Crippen molar-refractivity contribution in [3.05, 3.63) is 176 Å². The first kappa shape index (κ1) is 30.2. The molecule has 0 aliphatic heterocycles. The standard InChI is InChI=1S/C46H31N5/c1-30-20-21-34-26-27-39-40(29-41(33-12-5-2-6-13-33)48-43(39)42(34)47-30)32-24-22-31(23-25-32)37-18-11-19-38(28-37)46-50-44(35-14-7-3-8-15-35)49-45(51-46)36-16-9-4-10-17-36/h2-29H,1H3. The van der Waals surface area contributed by atoms with Crippen molar-refractivity contribution in [1.82, 2.24) is 24.9 Å². The molecule has 51 heavy (non-hydrogen) atoms. The van der Waals surface area contributed by atoms with Crippen LogP contribution in [0.4, 0.5) is 0 Å². The van der Waals surface area contributed by atoms with Crippen molar-refractivity contribution in [3.63, 3.8) is 0 Å². The van der Waals surface area contributed by atoms with E-state index in [9.17, 15) is 0 Å². The molecule has 0 radical (unpaired) electrons. The molecule has 0 saturated heterocycles. The molecular formula is C46H31N5. The third-order valence-electron chi connectivity index (χ3n) is 9.20. The lowest BCUT2D eigenvalue weighted by Crippen LogP contribution is -2.00. The van der Waals surface area contributed by atoms with Crippen molar-refractivity contribution >= 4 is 21.8 Å². The van der Waals surface area contributed by atoms with Gasteiger partial charge in [0.05, 0.1) is 16.7 Å². The van der Waals surface area contributed by atoms with Crippen LogP contribution in [0.5, 0.6) is 0 Å². The van der Waals surface area contributed by atoms with Crippen molar-refractivity contribution in [2.24, 2.45) is 0 Å². The van der Waals surface area contributed by atoms with Crippen molar-refractivity contribution in [2.45, 2.75) is 6.92 Å². The van der Waals surface area contributed by atoms with E-state index in [4.69, 9.17) is 24.9 Å². The van der Waals surface area contributed by atoms with Crippen molar-refractivity contribution < 1.29 is 0 Å². The molecule has 0 saturated carbocycles. The minimum absolute atomic E-state index is 0.633. The first-order valence-corrected chi connectivity index (χ1v) is 17.0. The molecule has 0 unspecified atom stereocenters. The zero-order valence-electron chi connectivity index (χ0n) is 27.9. The molecule has 240 valence electrons. The third kappa shape index (κ3) is 5.91. The average Bonchev–Trinajstić information content (AvgIpc) is 3.21. The second kappa shape index (κ2) is 12.9. The maximum atomic E-state index is 5.18. The van der Waals surface area contributed by atoms with Gasteiger partial charge in [-0.1, -0.05) is 152 Å². The number of pyridine rings is 2. The molecule has 0 aliphatic carbocycles. The van der Waals surface area contributed by atoms with Gasteiger partial charge in [0.15, 0.2) is 17.5 Å². The fraction of sp³-hybridized carbons (Fsp3) is 0.0217. The largest absolute Gasteiger partial charge is 0.251 e. The quantitative estimate of drug-likeness (QED) is 0.167. The number of aromatic nitrogens is 5. The first-order chi connectivity index (χ1) is 25.2. The molecule has 0 N–H and O–H groups in total.